The Labute approximate surface area is 91.2 Å². The van der Waals surface area contributed by atoms with Gasteiger partial charge >= 0.3 is 5.97 Å². The third-order valence-corrected chi connectivity index (χ3v) is 1.96. The molecule has 1 rings (SSSR count). The van der Waals surface area contributed by atoms with E-state index in [0.717, 1.165) is 6.29 Å². The first-order valence-corrected chi connectivity index (χ1v) is 4.52. The van der Waals surface area contributed by atoms with E-state index >= 15 is 0 Å². The second-order valence-electron chi connectivity index (χ2n) is 2.71. The van der Waals surface area contributed by atoms with Crippen LogP contribution in [0.25, 0.3) is 6.08 Å². The minimum atomic E-state index is -1.07. The van der Waals surface area contributed by atoms with Crippen LogP contribution in [0.5, 0.6) is 0 Å². The summed E-state index contributed by atoms with van der Waals surface area (Å²) in [5.41, 5.74) is 0.545. The quantitative estimate of drug-likeness (QED) is 0.629. The van der Waals surface area contributed by atoms with E-state index in [2.05, 4.69) is 4.98 Å². The lowest BCUT2D eigenvalue weighted by Gasteiger charge is -1.98. The van der Waals surface area contributed by atoms with Crippen LogP contribution in [0.2, 0.25) is 5.15 Å². The molecule has 1 N–H and O–H groups in total. The van der Waals surface area contributed by atoms with Crippen LogP contribution in [0.1, 0.15) is 22.3 Å². The molecule has 5 heteroatoms. The Morgan fingerprint density at radius 3 is 2.93 bits per heavy atom. The average molecular weight is 226 g/mol. The number of aromatic carboxylic acids is 1. The molecule has 0 aliphatic rings. The molecule has 0 amide bonds. The van der Waals surface area contributed by atoms with Crippen LogP contribution in [-0.4, -0.2) is 22.3 Å². The van der Waals surface area contributed by atoms with Gasteiger partial charge in [-0.2, -0.15) is 0 Å². The molecule has 1 aromatic heterocycles. The van der Waals surface area contributed by atoms with Crippen molar-refractivity contribution in [3.63, 3.8) is 0 Å². The lowest BCUT2D eigenvalue weighted by Crippen LogP contribution is -1.98. The van der Waals surface area contributed by atoms with Crippen molar-refractivity contribution in [2.75, 3.05) is 0 Å². The lowest BCUT2D eigenvalue weighted by atomic mass is 10.2. The largest absolute Gasteiger partial charge is 0.478 e. The highest BCUT2D eigenvalue weighted by molar-refractivity contribution is 6.30. The van der Waals surface area contributed by atoms with Crippen LogP contribution in [0.15, 0.2) is 18.3 Å². The van der Waals surface area contributed by atoms with Gasteiger partial charge in [-0.05, 0) is 6.07 Å². The Balaban J connectivity index is 3.00. The number of nitrogens with zero attached hydrogens (tertiary/aromatic N) is 1. The van der Waals surface area contributed by atoms with E-state index < -0.39 is 5.97 Å². The number of aromatic nitrogens is 1. The van der Waals surface area contributed by atoms with Gasteiger partial charge in [0.25, 0.3) is 0 Å². The van der Waals surface area contributed by atoms with Crippen molar-refractivity contribution in [1.82, 2.24) is 4.98 Å². The predicted molar refractivity (Wildman–Crippen MR) is 55.9 cm³/mol. The number of aldehydes is 1. The van der Waals surface area contributed by atoms with Crippen molar-refractivity contribution < 1.29 is 14.7 Å². The Kier molecular flexibility index (Phi) is 4.00. The second-order valence-corrected chi connectivity index (χ2v) is 3.07. The maximum absolute atomic E-state index is 10.6. The van der Waals surface area contributed by atoms with E-state index in [1.165, 1.54) is 12.3 Å². The van der Waals surface area contributed by atoms with Gasteiger partial charge in [-0.25, -0.2) is 9.78 Å². The molecule has 1 heterocycles. The summed E-state index contributed by atoms with van der Waals surface area (Å²) in [6, 6.07) is 1.40. The molecule has 4 nitrogen and oxygen atoms in total. The molecule has 15 heavy (non-hydrogen) atoms. The number of carboxylic acid groups (broad SMARTS) is 1. The average Bonchev–Trinajstić information content (AvgIpc) is 2.20. The van der Waals surface area contributed by atoms with Gasteiger partial charge in [-0.1, -0.05) is 23.8 Å². The highest BCUT2D eigenvalue weighted by atomic mass is 35.5. The fourth-order valence-corrected chi connectivity index (χ4v) is 1.12. The maximum Gasteiger partial charge on any atom is 0.337 e. The van der Waals surface area contributed by atoms with Crippen molar-refractivity contribution >= 4 is 29.9 Å². The molecule has 0 radical (unpaired) electrons. The summed E-state index contributed by atoms with van der Waals surface area (Å²) in [5, 5.41) is 8.92. The Hall–Kier alpha value is -1.68. The molecule has 0 aliphatic heterocycles. The third-order valence-electron chi connectivity index (χ3n) is 1.64. The maximum atomic E-state index is 10.6. The van der Waals surface area contributed by atoms with Gasteiger partial charge < -0.3 is 9.90 Å². The van der Waals surface area contributed by atoms with E-state index in [0.29, 0.717) is 5.56 Å². The third kappa shape index (κ3) is 3.18. The number of pyridine rings is 1. The SMILES string of the molecule is O=CCC=Cc1cc(C(=O)O)cnc1Cl. The van der Waals surface area contributed by atoms with Crippen LogP contribution in [-0.2, 0) is 4.79 Å². The monoisotopic (exact) mass is 225 g/mol. The minimum absolute atomic E-state index is 0.0603. The molecule has 0 atom stereocenters. The fraction of sp³-hybridized carbons (Fsp3) is 0.100. The van der Waals surface area contributed by atoms with E-state index in [9.17, 15) is 9.59 Å². The topological polar surface area (TPSA) is 67.3 Å². The molecule has 0 saturated heterocycles. The normalized spacial score (nSPS) is 10.5. The molecule has 0 aliphatic carbocycles. The van der Waals surface area contributed by atoms with Crippen molar-refractivity contribution in [1.29, 1.82) is 0 Å². The van der Waals surface area contributed by atoms with Crippen LogP contribution in [0.3, 0.4) is 0 Å². The number of carboxylic acids is 1. The van der Waals surface area contributed by atoms with Crippen molar-refractivity contribution in [2.24, 2.45) is 0 Å². The van der Waals surface area contributed by atoms with E-state index in [-0.39, 0.29) is 17.1 Å². The molecule has 0 saturated carbocycles. The number of hydrogen-bond donors (Lipinski definition) is 1. The number of halogens is 1. The lowest BCUT2D eigenvalue weighted by molar-refractivity contribution is -0.107. The molecule has 0 unspecified atom stereocenters. The van der Waals surface area contributed by atoms with Gasteiger partial charge in [-0.3, -0.25) is 0 Å². The summed E-state index contributed by atoms with van der Waals surface area (Å²) < 4.78 is 0. The summed E-state index contributed by atoms with van der Waals surface area (Å²) in [7, 11) is 0. The van der Waals surface area contributed by atoms with E-state index in [1.54, 1.807) is 12.2 Å². The van der Waals surface area contributed by atoms with Crippen LogP contribution in [0, 0.1) is 0 Å². The Morgan fingerprint density at radius 1 is 1.60 bits per heavy atom. The molecular weight excluding hydrogens is 218 g/mol. The second kappa shape index (κ2) is 5.26. The van der Waals surface area contributed by atoms with Gasteiger partial charge in [0.05, 0.1) is 5.56 Å². The Morgan fingerprint density at radius 2 is 2.33 bits per heavy atom. The summed E-state index contributed by atoms with van der Waals surface area (Å²) in [4.78, 5) is 24.4. The number of rotatable bonds is 4. The van der Waals surface area contributed by atoms with Crippen LogP contribution in [0.4, 0.5) is 0 Å². The highest BCUT2D eigenvalue weighted by Gasteiger charge is 2.06. The Bertz CT molecular complexity index is 415. The smallest absolute Gasteiger partial charge is 0.337 e. The summed E-state index contributed by atoms with van der Waals surface area (Å²) in [5.74, 6) is -1.07. The zero-order valence-electron chi connectivity index (χ0n) is 7.68. The minimum Gasteiger partial charge on any atom is -0.478 e. The summed E-state index contributed by atoms with van der Waals surface area (Å²) >= 11 is 5.74. The number of allylic oxidation sites excluding steroid dienone is 1. The molecule has 78 valence electrons. The first-order chi connectivity index (χ1) is 7.15. The van der Waals surface area contributed by atoms with Gasteiger partial charge in [0.1, 0.15) is 11.4 Å². The first-order valence-electron chi connectivity index (χ1n) is 4.14. The van der Waals surface area contributed by atoms with Gasteiger partial charge in [0.15, 0.2) is 0 Å². The zero-order valence-corrected chi connectivity index (χ0v) is 8.44. The standard InChI is InChI=1S/C10H8ClNO3/c11-9-7(3-1-2-4-13)5-8(6-12-9)10(14)15/h1,3-6H,2H2,(H,14,15). The number of hydrogen-bond acceptors (Lipinski definition) is 3. The molecule has 0 aromatic carbocycles. The molecular formula is C10H8ClNO3. The summed E-state index contributed by atoms with van der Waals surface area (Å²) in [6.45, 7) is 0. The van der Waals surface area contributed by atoms with Crippen molar-refractivity contribution in [2.45, 2.75) is 6.42 Å². The molecule has 0 fully saturated rings. The highest BCUT2D eigenvalue weighted by Crippen LogP contribution is 2.16. The predicted octanol–water partition coefficient (Wildman–Crippen LogP) is 2.04. The fourth-order valence-electron chi connectivity index (χ4n) is 0.949. The van der Waals surface area contributed by atoms with E-state index in [1.807, 2.05) is 0 Å². The molecule has 0 bridgehead atoms. The zero-order chi connectivity index (χ0) is 11.3. The van der Waals surface area contributed by atoms with Crippen LogP contribution >= 0.6 is 11.6 Å². The number of carbonyl (C=O) groups excluding carboxylic acids is 1. The first kappa shape index (κ1) is 11.4. The number of carbonyl (C=O) groups is 2. The van der Waals surface area contributed by atoms with Gasteiger partial charge in [0.2, 0.25) is 0 Å². The van der Waals surface area contributed by atoms with E-state index in [4.69, 9.17) is 16.7 Å². The molecule has 1 aromatic rings. The van der Waals surface area contributed by atoms with Crippen molar-refractivity contribution in [3.8, 4) is 0 Å². The van der Waals surface area contributed by atoms with Crippen molar-refractivity contribution in [3.05, 3.63) is 34.6 Å². The van der Waals surface area contributed by atoms with Gasteiger partial charge in [-0.15, -0.1) is 0 Å². The summed E-state index contributed by atoms with van der Waals surface area (Å²) in [6.07, 6.45) is 5.33. The van der Waals surface area contributed by atoms with Crippen LogP contribution < -0.4 is 0 Å². The molecule has 0 spiro atoms. The van der Waals surface area contributed by atoms with Gasteiger partial charge in [0, 0.05) is 18.2 Å².